The summed E-state index contributed by atoms with van der Waals surface area (Å²) >= 11 is 7.23. The summed E-state index contributed by atoms with van der Waals surface area (Å²) in [6.07, 6.45) is 4.36. The molecule has 0 aliphatic heterocycles. The van der Waals surface area contributed by atoms with Crippen LogP contribution in [-0.2, 0) is 6.54 Å². The Morgan fingerprint density at radius 1 is 0.758 bits per heavy atom. The molecule has 168 valence electrons. The van der Waals surface area contributed by atoms with Crippen molar-refractivity contribution in [1.82, 2.24) is 4.57 Å². The highest BCUT2D eigenvalue weighted by Gasteiger charge is 2.11. The third-order valence-electron chi connectivity index (χ3n) is 5.93. The molecule has 3 aromatic carbocycles. The van der Waals surface area contributed by atoms with Crippen molar-refractivity contribution in [3.8, 4) is 5.75 Å². The molecule has 0 atom stereocenters. The standard InChI is InChI=1S/C27H23Br2NO3/c28-19-7-10-24-22(15-19)23-16-20(29)8-11-25(23)30(24)13-3-1-2-4-14-32-21-9-5-18-6-12-27(31)33-26(18)17-21/h5-12,15-17H,1-4,13-14H2. The molecule has 0 fully saturated rings. The predicted octanol–water partition coefficient (Wildman–Crippen LogP) is 8.07. The van der Waals surface area contributed by atoms with Crippen LogP contribution in [0, 0.1) is 0 Å². The van der Waals surface area contributed by atoms with Crippen molar-refractivity contribution in [3.63, 3.8) is 0 Å². The summed E-state index contributed by atoms with van der Waals surface area (Å²) in [4.78, 5) is 11.4. The van der Waals surface area contributed by atoms with Crippen LogP contribution in [0.1, 0.15) is 25.7 Å². The molecule has 6 heteroatoms. The zero-order valence-corrected chi connectivity index (χ0v) is 21.2. The second kappa shape index (κ2) is 9.74. The number of ether oxygens (including phenoxy) is 1. The summed E-state index contributed by atoms with van der Waals surface area (Å²) in [5.74, 6) is 0.736. The number of benzene rings is 3. The van der Waals surface area contributed by atoms with Gasteiger partial charge in [-0.1, -0.05) is 44.7 Å². The summed E-state index contributed by atoms with van der Waals surface area (Å²) in [7, 11) is 0. The highest BCUT2D eigenvalue weighted by atomic mass is 79.9. The third kappa shape index (κ3) is 4.87. The zero-order valence-electron chi connectivity index (χ0n) is 18.0. The van der Waals surface area contributed by atoms with Crippen molar-refractivity contribution in [1.29, 1.82) is 0 Å². The van der Waals surface area contributed by atoms with Crippen molar-refractivity contribution in [3.05, 3.63) is 86.1 Å². The quantitative estimate of drug-likeness (QED) is 0.140. The Bertz CT molecular complexity index is 1440. The molecule has 0 aliphatic rings. The van der Waals surface area contributed by atoms with Crippen molar-refractivity contribution in [2.45, 2.75) is 32.2 Å². The first-order chi connectivity index (χ1) is 16.1. The first kappa shape index (κ1) is 22.2. The molecule has 2 heterocycles. The number of rotatable bonds is 8. The maximum absolute atomic E-state index is 11.4. The molecule has 0 radical (unpaired) electrons. The third-order valence-corrected chi connectivity index (χ3v) is 6.91. The van der Waals surface area contributed by atoms with Crippen LogP contribution in [-0.4, -0.2) is 11.2 Å². The van der Waals surface area contributed by atoms with E-state index in [0.717, 1.165) is 52.3 Å². The van der Waals surface area contributed by atoms with Gasteiger partial charge in [0.05, 0.1) is 6.61 Å². The minimum atomic E-state index is -0.344. The van der Waals surface area contributed by atoms with Crippen LogP contribution in [0.3, 0.4) is 0 Å². The lowest BCUT2D eigenvalue weighted by Gasteiger charge is -2.09. The molecular weight excluding hydrogens is 546 g/mol. The summed E-state index contributed by atoms with van der Waals surface area (Å²) in [5, 5.41) is 3.45. The largest absolute Gasteiger partial charge is 0.493 e. The van der Waals surface area contributed by atoms with E-state index in [2.05, 4.69) is 72.8 Å². The fraction of sp³-hybridized carbons (Fsp3) is 0.222. The molecule has 2 aromatic heterocycles. The van der Waals surface area contributed by atoms with Gasteiger partial charge in [-0.2, -0.15) is 0 Å². The van der Waals surface area contributed by atoms with Crippen LogP contribution in [0.15, 0.2) is 84.9 Å². The lowest BCUT2D eigenvalue weighted by Crippen LogP contribution is -2.00. The first-order valence-electron chi connectivity index (χ1n) is 11.1. The Kier molecular flexibility index (Phi) is 6.56. The van der Waals surface area contributed by atoms with E-state index in [1.807, 2.05) is 12.1 Å². The van der Waals surface area contributed by atoms with Gasteiger partial charge in [0.1, 0.15) is 11.3 Å². The van der Waals surface area contributed by atoms with Crippen molar-refractivity contribution < 1.29 is 9.15 Å². The number of aryl methyl sites for hydroxylation is 1. The van der Waals surface area contributed by atoms with Gasteiger partial charge in [0.15, 0.2) is 0 Å². The molecule has 0 N–H and O–H groups in total. The van der Waals surface area contributed by atoms with Gasteiger partial charge in [-0.15, -0.1) is 0 Å². The summed E-state index contributed by atoms with van der Waals surface area (Å²) in [5.41, 5.74) is 2.77. The number of hydrogen-bond donors (Lipinski definition) is 0. The Morgan fingerprint density at radius 2 is 1.42 bits per heavy atom. The SMILES string of the molecule is O=c1ccc2ccc(OCCCCCCn3c4ccc(Br)cc4c4cc(Br)ccc43)cc2o1. The van der Waals surface area contributed by atoms with Crippen LogP contribution < -0.4 is 10.4 Å². The van der Waals surface area contributed by atoms with Gasteiger partial charge in [0.2, 0.25) is 0 Å². The Balaban J connectivity index is 1.16. The van der Waals surface area contributed by atoms with Crippen LogP contribution in [0.25, 0.3) is 32.8 Å². The average Bonchev–Trinajstić information content (AvgIpc) is 3.10. The fourth-order valence-corrected chi connectivity index (χ4v) is 5.06. The van der Waals surface area contributed by atoms with E-state index in [1.165, 1.54) is 27.9 Å². The van der Waals surface area contributed by atoms with Gasteiger partial charge in [0, 0.05) is 54.8 Å². The molecule has 0 spiro atoms. The van der Waals surface area contributed by atoms with E-state index in [9.17, 15) is 4.79 Å². The summed E-state index contributed by atoms with van der Waals surface area (Å²) in [6, 6.07) is 21.8. The summed E-state index contributed by atoms with van der Waals surface area (Å²) in [6.45, 7) is 1.65. The second-order valence-electron chi connectivity index (χ2n) is 8.19. The van der Waals surface area contributed by atoms with Crippen LogP contribution >= 0.6 is 31.9 Å². The molecule has 0 unspecified atom stereocenters. The van der Waals surface area contributed by atoms with E-state index in [1.54, 1.807) is 12.1 Å². The molecule has 0 amide bonds. The molecule has 0 aliphatic carbocycles. The smallest absolute Gasteiger partial charge is 0.336 e. The number of aromatic nitrogens is 1. The topological polar surface area (TPSA) is 44.4 Å². The van der Waals surface area contributed by atoms with Gasteiger partial charge >= 0.3 is 5.63 Å². The Hall–Kier alpha value is -2.57. The number of unbranched alkanes of at least 4 members (excludes halogenated alkanes) is 3. The van der Waals surface area contributed by atoms with Crippen LogP contribution in [0.4, 0.5) is 0 Å². The van der Waals surface area contributed by atoms with Gasteiger partial charge in [0.25, 0.3) is 0 Å². The molecule has 4 nitrogen and oxygen atoms in total. The molecule has 5 rings (SSSR count). The maximum Gasteiger partial charge on any atom is 0.336 e. The Morgan fingerprint density at radius 3 is 2.15 bits per heavy atom. The molecule has 5 aromatic rings. The molecular formula is C27H23Br2NO3. The van der Waals surface area contributed by atoms with Crippen LogP contribution in [0.2, 0.25) is 0 Å². The van der Waals surface area contributed by atoms with E-state index < -0.39 is 0 Å². The van der Waals surface area contributed by atoms with Crippen molar-refractivity contribution in [2.75, 3.05) is 6.61 Å². The van der Waals surface area contributed by atoms with E-state index in [4.69, 9.17) is 9.15 Å². The molecule has 0 saturated heterocycles. The number of halogens is 2. The second-order valence-corrected chi connectivity index (χ2v) is 10.0. The van der Waals surface area contributed by atoms with Crippen molar-refractivity contribution >= 4 is 64.6 Å². The molecule has 0 saturated carbocycles. The van der Waals surface area contributed by atoms with Gasteiger partial charge in [-0.05, 0) is 67.4 Å². The predicted molar refractivity (Wildman–Crippen MR) is 141 cm³/mol. The fourth-order valence-electron chi connectivity index (χ4n) is 4.34. The molecule has 33 heavy (non-hydrogen) atoms. The van der Waals surface area contributed by atoms with Gasteiger partial charge < -0.3 is 13.7 Å². The normalized spacial score (nSPS) is 11.6. The van der Waals surface area contributed by atoms with Crippen LogP contribution in [0.5, 0.6) is 5.75 Å². The van der Waals surface area contributed by atoms with E-state index in [-0.39, 0.29) is 5.63 Å². The lowest BCUT2D eigenvalue weighted by molar-refractivity contribution is 0.304. The van der Waals surface area contributed by atoms with E-state index >= 15 is 0 Å². The highest BCUT2D eigenvalue weighted by Crippen LogP contribution is 2.33. The van der Waals surface area contributed by atoms with E-state index in [0.29, 0.717) is 12.2 Å². The van der Waals surface area contributed by atoms with Gasteiger partial charge in [-0.25, -0.2) is 4.79 Å². The number of hydrogen-bond acceptors (Lipinski definition) is 3. The average molecular weight is 569 g/mol. The van der Waals surface area contributed by atoms with Gasteiger partial charge in [-0.3, -0.25) is 0 Å². The Labute approximate surface area is 208 Å². The summed E-state index contributed by atoms with van der Waals surface area (Å²) < 4.78 is 15.7. The van der Waals surface area contributed by atoms with Crippen molar-refractivity contribution in [2.24, 2.45) is 0 Å². The minimum Gasteiger partial charge on any atom is -0.493 e. The monoisotopic (exact) mass is 567 g/mol. The highest BCUT2D eigenvalue weighted by molar-refractivity contribution is 9.10. The zero-order chi connectivity index (χ0) is 22.8. The maximum atomic E-state index is 11.4. The number of fused-ring (bicyclic) bond motifs is 4. The lowest BCUT2D eigenvalue weighted by atomic mass is 10.2. The minimum absolute atomic E-state index is 0.344. The number of nitrogens with zero attached hydrogens (tertiary/aromatic N) is 1. The molecule has 0 bridgehead atoms. The first-order valence-corrected chi connectivity index (χ1v) is 12.7.